The lowest BCUT2D eigenvalue weighted by molar-refractivity contribution is 0.254. The van der Waals surface area contributed by atoms with Gasteiger partial charge in [0, 0.05) is 30.6 Å². The van der Waals surface area contributed by atoms with Gasteiger partial charge in [0.05, 0.1) is 13.2 Å². The van der Waals surface area contributed by atoms with Crippen LogP contribution in [0.2, 0.25) is 0 Å². The highest BCUT2D eigenvalue weighted by molar-refractivity contribution is 14.0. The van der Waals surface area contributed by atoms with E-state index < -0.39 is 0 Å². The summed E-state index contributed by atoms with van der Waals surface area (Å²) >= 11 is 0. The molecule has 1 heterocycles. The van der Waals surface area contributed by atoms with Crippen LogP contribution >= 0.6 is 24.0 Å². The highest BCUT2D eigenvalue weighted by Crippen LogP contribution is 2.35. The molecule has 27 heavy (non-hydrogen) atoms. The van der Waals surface area contributed by atoms with Gasteiger partial charge in [-0.3, -0.25) is 0 Å². The van der Waals surface area contributed by atoms with Gasteiger partial charge in [0.25, 0.3) is 0 Å². The molecule has 7 heteroatoms. The van der Waals surface area contributed by atoms with Crippen molar-refractivity contribution in [3.63, 3.8) is 0 Å². The van der Waals surface area contributed by atoms with Gasteiger partial charge < -0.3 is 25.0 Å². The van der Waals surface area contributed by atoms with Gasteiger partial charge in [0.2, 0.25) is 0 Å². The highest BCUT2D eigenvalue weighted by atomic mass is 127. The molecule has 2 N–H and O–H groups in total. The quantitative estimate of drug-likeness (QED) is 0.241. The fraction of sp³-hybridized carbons (Fsp3) is 0.650. The molecule has 1 aromatic carbocycles. The van der Waals surface area contributed by atoms with Gasteiger partial charge in [0.15, 0.2) is 5.96 Å². The molecule has 1 atom stereocenters. The van der Waals surface area contributed by atoms with Crippen LogP contribution in [0.5, 0.6) is 11.5 Å². The molecule has 0 amide bonds. The zero-order valence-corrected chi connectivity index (χ0v) is 19.6. The minimum atomic E-state index is 0. The minimum Gasteiger partial charge on any atom is -0.494 e. The maximum atomic E-state index is 5.90. The summed E-state index contributed by atoms with van der Waals surface area (Å²) in [7, 11) is 4.18. The van der Waals surface area contributed by atoms with Crippen molar-refractivity contribution in [1.29, 1.82) is 0 Å². The van der Waals surface area contributed by atoms with Crippen molar-refractivity contribution in [3.8, 4) is 11.5 Å². The molecule has 0 aromatic heterocycles. The van der Waals surface area contributed by atoms with Crippen LogP contribution in [0.1, 0.15) is 38.3 Å². The summed E-state index contributed by atoms with van der Waals surface area (Å²) < 4.78 is 11.7. The summed E-state index contributed by atoms with van der Waals surface area (Å²) in [6.07, 6.45) is 2.25. The Balaban J connectivity index is 0.00000364. The van der Waals surface area contributed by atoms with Gasteiger partial charge in [-0.05, 0) is 60.0 Å². The highest BCUT2D eigenvalue weighted by Gasteiger charge is 2.21. The monoisotopic (exact) mass is 490 g/mol. The van der Waals surface area contributed by atoms with Crippen LogP contribution < -0.4 is 20.1 Å². The summed E-state index contributed by atoms with van der Waals surface area (Å²) in [5.74, 6) is 2.72. The summed E-state index contributed by atoms with van der Waals surface area (Å²) in [5, 5.41) is 6.70. The number of ether oxygens (including phenoxy) is 2. The van der Waals surface area contributed by atoms with Gasteiger partial charge in [-0.15, -0.1) is 24.0 Å². The Bertz CT molecular complexity index is 608. The second-order valence-electron chi connectivity index (χ2n) is 6.91. The molecule has 0 saturated heterocycles. The smallest absolute Gasteiger partial charge is 0.191 e. The first-order valence-electron chi connectivity index (χ1n) is 9.65. The molecule has 1 aliphatic rings. The van der Waals surface area contributed by atoms with Crippen LogP contribution in [-0.2, 0) is 13.0 Å². The lowest BCUT2D eigenvalue weighted by Crippen LogP contribution is -2.38. The number of hydrogen-bond donors (Lipinski definition) is 2. The van der Waals surface area contributed by atoms with Crippen molar-refractivity contribution in [1.82, 2.24) is 15.5 Å². The van der Waals surface area contributed by atoms with Crippen molar-refractivity contribution < 1.29 is 9.47 Å². The Hall–Kier alpha value is -1.22. The van der Waals surface area contributed by atoms with Crippen molar-refractivity contribution in [3.05, 3.63) is 23.3 Å². The second kappa shape index (κ2) is 12.3. The predicted molar refractivity (Wildman–Crippen MR) is 123 cm³/mol. The van der Waals surface area contributed by atoms with Crippen LogP contribution in [0.4, 0.5) is 0 Å². The van der Waals surface area contributed by atoms with Gasteiger partial charge in [0.1, 0.15) is 17.6 Å². The number of hydrogen-bond acceptors (Lipinski definition) is 4. The maximum absolute atomic E-state index is 5.90. The predicted octanol–water partition coefficient (Wildman–Crippen LogP) is 3.03. The van der Waals surface area contributed by atoms with E-state index in [9.17, 15) is 0 Å². The van der Waals surface area contributed by atoms with E-state index in [1.807, 2.05) is 6.92 Å². The molecule has 2 rings (SSSR count). The van der Waals surface area contributed by atoms with Crippen LogP contribution in [-0.4, -0.2) is 57.3 Å². The average Bonchev–Trinajstić information content (AvgIpc) is 2.95. The van der Waals surface area contributed by atoms with E-state index >= 15 is 0 Å². The van der Waals surface area contributed by atoms with Crippen molar-refractivity contribution in [2.75, 3.05) is 40.3 Å². The zero-order chi connectivity index (χ0) is 18.9. The third-order valence-corrected chi connectivity index (χ3v) is 4.21. The second-order valence-corrected chi connectivity index (χ2v) is 6.91. The number of nitrogens with one attached hydrogen (secondary N) is 2. The summed E-state index contributed by atoms with van der Waals surface area (Å²) in [6, 6.07) is 4.20. The standard InChI is InChI=1S/C20H34N4O2.HI/c1-6-21-20(22-9-8-10-24(4)5)23-14-17-13-19-16(11-15(3)26-19)12-18(17)25-7-2;/h12-13,15H,6-11,14H2,1-5H3,(H2,21,22,23);1H. The normalized spacial score (nSPS) is 15.8. The fourth-order valence-electron chi connectivity index (χ4n) is 3.00. The number of rotatable bonds is 9. The molecule has 0 aliphatic carbocycles. The largest absolute Gasteiger partial charge is 0.494 e. The Morgan fingerprint density at radius 1 is 1.30 bits per heavy atom. The first-order valence-corrected chi connectivity index (χ1v) is 9.65. The van der Waals surface area contributed by atoms with Crippen LogP contribution in [0.3, 0.4) is 0 Å². The number of benzene rings is 1. The Morgan fingerprint density at radius 2 is 2.07 bits per heavy atom. The first kappa shape index (κ1) is 23.8. The lowest BCUT2D eigenvalue weighted by Gasteiger charge is -2.14. The van der Waals surface area contributed by atoms with Crippen LogP contribution in [0.25, 0.3) is 0 Å². The van der Waals surface area contributed by atoms with Crippen molar-refractivity contribution >= 4 is 29.9 Å². The molecule has 1 unspecified atom stereocenters. The maximum Gasteiger partial charge on any atom is 0.191 e. The molecule has 0 fully saturated rings. The van der Waals surface area contributed by atoms with E-state index in [1.165, 1.54) is 5.56 Å². The molecular weight excluding hydrogens is 455 g/mol. The number of halogens is 1. The first-order chi connectivity index (χ1) is 12.5. The van der Waals surface area contributed by atoms with Gasteiger partial charge in [-0.25, -0.2) is 4.99 Å². The molecule has 1 aliphatic heterocycles. The van der Waals surface area contributed by atoms with Gasteiger partial charge in [-0.1, -0.05) is 0 Å². The zero-order valence-electron chi connectivity index (χ0n) is 17.3. The summed E-state index contributed by atoms with van der Waals surface area (Å²) in [4.78, 5) is 6.92. The molecule has 0 spiro atoms. The molecule has 154 valence electrons. The van der Waals surface area contributed by atoms with E-state index in [1.54, 1.807) is 0 Å². The molecule has 6 nitrogen and oxygen atoms in total. The molecule has 0 radical (unpaired) electrons. The molecular formula is C20H35IN4O2. The topological polar surface area (TPSA) is 58.1 Å². The fourth-order valence-corrected chi connectivity index (χ4v) is 3.00. The number of aliphatic imine (C=N–C) groups is 1. The van der Waals surface area contributed by atoms with E-state index in [0.717, 1.165) is 55.5 Å². The third kappa shape index (κ3) is 7.73. The van der Waals surface area contributed by atoms with Crippen LogP contribution in [0, 0.1) is 0 Å². The number of guanidine groups is 1. The lowest BCUT2D eigenvalue weighted by atomic mass is 10.1. The minimum absolute atomic E-state index is 0. The Labute approximate surface area is 181 Å². The SMILES string of the molecule is CCNC(=NCc1cc2c(cc1OCC)CC(C)O2)NCCCN(C)C.I. The third-order valence-electron chi connectivity index (χ3n) is 4.21. The molecule has 1 aromatic rings. The number of fused-ring (bicyclic) bond motifs is 1. The van der Waals surface area contributed by atoms with E-state index in [-0.39, 0.29) is 30.1 Å². The summed E-state index contributed by atoms with van der Waals surface area (Å²) in [6.45, 7) is 10.2. The Morgan fingerprint density at radius 3 is 2.74 bits per heavy atom. The summed E-state index contributed by atoms with van der Waals surface area (Å²) in [5.41, 5.74) is 2.28. The van der Waals surface area contributed by atoms with Crippen molar-refractivity contribution in [2.24, 2.45) is 4.99 Å². The molecule has 0 bridgehead atoms. The van der Waals surface area contributed by atoms with E-state index in [4.69, 9.17) is 14.5 Å². The van der Waals surface area contributed by atoms with E-state index in [0.29, 0.717) is 13.2 Å². The molecule has 0 saturated carbocycles. The van der Waals surface area contributed by atoms with Gasteiger partial charge in [-0.2, -0.15) is 0 Å². The Kier molecular flexibility index (Phi) is 10.8. The van der Waals surface area contributed by atoms with Gasteiger partial charge >= 0.3 is 0 Å². The average molecular weight is 490 g/mol. The van der Waals surface area contributed by atoms with Crippen molar-refractivity contribution in [2.45, 2.75) is 46.3 Å². The van der Waals surface area contributed by atoms with E-state index in [2.05, 4.69) is 55.6 Å². The number of nitrogens with zero attached hydrogens (tertiary/aromatic N) is 2. The van der Waals surface area contributed by atoms with Crippen LogP contribution in [0.15, 0.2) is 17.1 Å².